The van der Waals surface area contributed by atoms with Crippen molar-refractivity contribution in [2.75, 3.05) is 18.6 Å². The van der Waals surface area contributed by atoms with Gasteiger partial charge in [0.05, 0.1) is 29.2 Å². The van der Waals surface area contributed by atoms with Crippen LogP contribution in [0.25, 0.3) is 10.2 Å². The number of hydrogen-bond acceptors (Lipinski definition) is 5. The van der Waals surface area contributed by atoms with Gasteiger partial charge >= 0.3 is 0 Å². The minimum absolute atomic E-state index is 0.182. The second-order valence-corrected chi connectivity index (χ2v) is 8.80. The number of amides is 1. The zero-order chi connectivity index (χ0) is 22.0. The van der Waals surface area contributed by atoms with Crippen LogP contribution >= 0.6 is 22.9 Å². The number of methoxy groups -OCH3 is 1. The summed E-state index contributed by atoms with van der Waals surface area (Å²) in [5.74, 6) is 0.306. The Kier molecular flexibility index (Phi) is 6.25. The molecule has 2 aromatic heterocycles. The van der Waals surface area contributed by atoms with E-state index in [1.165, 1.54) is 11.3 Å². The molecule has 0 saturated carbocycles. The minimum Gasteiger partial charge on any atom is -0.496 e. The third-order valence-corrected chi connectivity index (χ3v) is 6.50. The smallest absolute Gasteiger partial charge is 0.263 e. The first-order valence-electron chi connectivity index (χ1n) is 9.95. The number of carbonyl (C=O) groups is 1. The van der Waals surface area contributed by atoms with Gasteiger partial charge in [-0.25, -0.2) is 9.97 Å². The lowest BCUT2D eigenvalue weighted by Gasteiger charge is -2.21. The summed E-state index contributed by atoms with van der Waals surface area (Å²) >= 11 is 7.72. The Morgan fingerprint density at radius 1 is 1.26 bits per heavy atom. The highest BCUT2D eigenvalue weighted by Gasteiger charge is 2.24. The molecule has 4 aromatic rings. The number of carbonyl (C=O) groups excluding carboxylic acids is 1. The van der Waals surface area contributed by atoms with E-state index < -0.39 is 0 Å². The third-order valence-electron chi connectivity index (χ3n) is 5.03. The van der Waals surface area contributed by atoms with Gasteiger partial charge in [0.25, 0.3) is 5.91 Å². The Labute approximate surface area is 190 Å². The maximum Gasteiger partial charge on any atom is 0.263 e. The summed E-state index contributed by atoms with van der Waals surface area (Å²) in [6.07, 6.45) is 6.18. The molecule has 8 heteroatoms. The Morgan fingerprint density at radius 2 is 2.10 bits per heavy atom. The standard InChI is InChI=1S/C23H23ClN4O2S/c1-15-11-16(2)21-19(12-15)26-23(31-21)28(9-4-8-27-10-7-25-14-27)22(29)18-13-17(24)5-6-20(18)30-3/h5-7,10-14H,4,8-9H2,1-3H3. The van der Waals surface area contributed by atoms with Gasteiger partial charge in [-0.1, -0.05) is 29.0 Å². The highest BCUT2D eigenvalue weighted by Crippen LogP contribution is 2.34. The van der Waals surface area contributed by atoms with E-state index in [1.54, 1.807) is 42.7 Å². The van der Waals surface area contributed by atoms with E-state index in [9.17, 15) is 4.79 Å². The molecule has 160 valence electrons. The minimum atomic E-state index is -0.182. The molecule has 0 fully saturated rings. The molecule has 0 atom stereocenters. The van der Waals surface area contributed by atoms with Gasteiger partial charge in [-0.05, 0) is 55.7 Å². The van der Waals surface area contributed by atoms with Crippen molar-refractivity contribution in [1.29, 1.82) is 0 Å². The quantitative estimate of drug-likeness (QED) is 0.369. The van der Waals surface area contributed by atoms with Crippen LogP contribution in [0, 0.1) is 13.8 Å². The van der Waals surface area contributed by atoms with E-state index in [0.717, 1.165) is 34.3 Å². The molecule has 0 aliphatic rings. The number of aryl methyl sites for hydroxylation is 3. The Hall–Kier alpha value is -2.90. The van der Waals surface area contributed by atoms with Crippen LogP contribution in [-0.4, -0.2) is 34.1 Å². The van der Waals surface area contributed by atoms with Crippen molar-refractivity contribution < 1.29 is 9.53 Å². The molecule has 0 aliphatic heterocycles. The average molecular weight is 455 g/mol. The van der Waals surface area contributed by atoms with Gasteiger partial charge in [-0.15, -0.1) is 0 Å². The number of fused-ring (bicyclic) bond motifs is 1. The molecule has 0 bridgehead atoms. The number of halogens is 1. The summed E-state index contributed by atoms with van der Waals surface area (Å²) in [5, 5.41) is 1.15. The van der Waals surface area contributed by atoms with Crippen molar-refractivity contribution in [3.63, 3.8) is 0 Å². The average Bonchev–Trinajstić information content (AvgIpc) is 3.40. The molecule has 0 aliphatic carbocycles. The number of thiazole rings is 1. The summed E-state index contributed by atoms with van der Waals surface area (Å²) in [7, 11) is 1.55. The lowest BCUT2D eigenvalue weighted by Crippen LogP contribution is -2.32. The molecule has 2 heterocycles. The molecule has 2 aromatic carbocycles. The monoisotopic (exact) mass is 454 g/mol. The van der Waals surface area contributed by atoms with Gasteiger partial charge in [0.2, 0.25) is 0 Å². The van der Waals surface area contributed by atoms with Gasteiger partial charge in [-0.2, -0.15) is 0 Å². The first kappa shape index (κ1) is 21.3. The number of imidazole rings is 1. The fourth-order valence-corrected chi connectivity index (χ4v) is 4.80. The number of benzene rings is 2. The number of aromatic nitrogens is 3. The highest BCUT2D eigenvalue weighted by atomic mass is 35.5. The van der Waals surface area contributed by atoms with Crippen LogP contribution in [0.4, 0.5) is 5.13 Å². The summed E-state index contributed by atoms with van der Waals surface area (Å²) in [5.41, 5.74) is 3.63. The fraction of sp³-hybridized carbons (Fsp3) is 0.261. The van der Waals surface area contributed by atoms with Crippen LogP contribution in [0.3, 0.4) is 0 Å². The van der Waals surface area contributed by atoms with Gasteiger partial charge in [0, 0.05) is 30.5 Å². The van der Waals surface area contributed by atoms with Crippen LogP contribution in [0.1, 0.15) is 27.9 Å². The topological polar surface area (TPSA) is 60.2 Å². The highest BCUT2D eigenvalue weighted by molar-refractivity contribution is 7.22. The summed E-state index contributed by atoms with van der Waals surface area (Å²) < 4.78 is 8.51. The van der Waals surface area contributed by atoms with Crippen LogP contribution in [-0.2, 0) is 6.54 Å². The molecule has 0 radical (unpaired) electrons. The van der Waals surface area contributed by atoms with Crippen LogP contribution in [0.15, 0.2) is 49.1 Å². The van der Waals surface area contributed by atoms with E-state index >= 15 is 0 Å². The SMILES string of the molecule is COc1ccc(Cl)cc1C(=O)N(CCCn1ccnc1)c1nc2cc(C)cc(C)c2s1. The van der Waals surface area contributed by atoms with E-state index in [1.807, 2.05) is 10.8 Å². The van der Waals surface area contributed by atoms with E-state index in [4.69, 9.17) is 21.3 Å². The van der Waals surface area contributed by atoms with Crippen molar-refractivity contribution in [1.82, 2.24) is 14.5 Å². The second-order valence-electron chi connectivity index (χ2n) is 7.38. The lowest BCUT2D eigenvalue weighted by molar-refractivity contribution is 0.0983. The molecule has 0 N–H and O–H groups in total. The predicted octanol–water partition coefficient (Wildman–Crippen LogP) is 5.51. The number of rotatable bonds is 7. The molecule has 0 unspecified atom stereocenters. The third kappa shape index (κ3) is 4.57. The van der Waals surface area contributed by atoms with Crippen molar-refractivity contribution in [3.8, 4) is 5.75 Å². The van der Waals surface area contributed by atoms with Crippen LogP contribution in [0.2, 0.25) is 5.02 Å². The van der Waals surface area contributed by atoms with E-state index in [0.29, 0.717) is 28.0 Å². The number of nitrogens with zero attached hydrogens (tertiary/aromatic N) is 4. The molecule has 6 nitrogen and oxygen atoms in total. The molecule has 1 amide bonds. The maximum atomic E-state index is 13.6. The fourth-order valence-electron chi connectivity index (χ4n) is 3.59. The van der Waals surface area contributed by atoms with Crippen LogP contribution in [0.5, 0.6) is 5.75 Å². The Balaban J connectivity index is 1.71. The van der Waals surface area contributed by atoms with Crippen molar-refractivity contribution >= 4 is 44.2 Å². The predicted molar refractivity (Wildman–Crippen MR) is 126 cm³/mol. The number of anilines is 1. The van der Waals surface area contributed by atoms with Gasteiger partial charge in [0.15, 0.2) is 5.13 Å². The maximum absolute atomic E-state index is 13.6. The summed E-state index contributed by atoms with van der Waals surface area (Å²) in [6.45, 7) is 5.38. The van der Waals surface area contributed by atoms with Crippen molar-refractivity contribution in [3.05, 3.63) is 70.8 Å². The van der Waals surface area contributed by atoms with Gasteiger partial charge < -0.3 is 9.30 Å². The van der Waals surface area contributed by atoms with Gasteiger partial charge in [-0.3, -0.25) is 9.69 Å². The largest absolute Gasteiger partial charge is 0.496 e. The molecule has 31 heavy (non-hydrogen) atoms. The zero-order valence-corrected chi connectivity index (χ0v) is 19.2. The first-order valence-corrected chi connectivity index (χ1v) is 11.1. The zero-order valence-electron chi connectivity index (χ0n) is 17.6. The molecule has 0 saturated heterocycles. The van der Waals surface area contributed by atoms with Gasteiger partial charge in [0.1, 0.15) is 5.75 Å². The summed E-state index contributed by atoms with van der Waals surface area (Å²) in [4.78, 5) is 24.2. The molecule has 4 rings (SSSR count). The van der Waals surface area contributed by atoms with E-state index in [2.05, 4.69) is 31.0 Å². The van der Waals surface area contributed by atoms with Crippen LogP contribution < -0.4 is 9.64 Å². The molecular formula is C23H23ClN4O2S. The van der Waals surface area contributed by atoms with Crippen molar-refractivity contribution in [2.45, 2.75) is 26.8 Å². The first-order chi connectivity index (χ1) is 15.0. The number of hydrogen-bond donors (Lipinski definition) is 0. The normalized spacial score (nSPS) is 11.1. The molecule has 0 spiro atoms. The van der Waals surface area contributed by atoms with E-state index in [-0.39, 0.29) is 5.91 Å². The Bertz CT molecular complexity index is 1220. The number of ether oxygens (including phenoxy) is 1. The summed E-state index contributed by atoms with van der Waals surface area (Å²) in [6, 6.07) is 9.26. The molecular weight excluding hydrogens is 432 g/mol. The lowest BCUT2D eigenvalue weighted by atomic mass is 10.1. The van der Waals surface area contributed by atoms with Crippen molar-refractivity contribution in [2.24, 2.45) is 0 Å². The Morgan fingerprint density at radius 3 is 2.84 bits per heavy atom. The second kappa shape index (κ2) is 9.08.